The summed E-state index contributed by atoms with van der Waals surface area (Å²) in [6.07, 6.45) is 4.23. The molecular formula is C15H30N2O3. The van der Waals surface area contributed by atoms with Gasteiger partial charge in [0.25, 0.3) is 0 Å². The van der Waals surface area contributed by atoms with E-state index in [2.05, 4.69) is 17.1 Å². The molecule has 0 saturated carbocycles. The standard InChI is InChI=1S/C15H30N2O3/c1-4-7-14(15(18)20-5-2)17(10-11-19-3)12-13-8-6-9-16-13/h13-14,16H,4-12H2,1-3H3. The highest BCUT2D eigenvalue weighted by Gasteiger charge is 2.29. The highest BCUT2D eigenvalue weighted by molar-refractivity contribution is 5.75. The van der Waals surface area contributed by atoms with Gasteiger partial charge in [0.05, 0.1) is 13.2 Å². The van der Waals surface area contributed by atoms with E-state index in [1.165, 1.54) is 12.8 Å². The molecule has 0 spiro atoms. The third-order valence-corrected chi connectivity index (χ3v) is 3.76. The first kappa shape index (κ1) is 17.4. The second-order valence-corrected chi connectivity index (χ2v) is 5.34. The quantitative estimate of drug-likeness (QED) is 0.616. The van der Waals surface area contributed by atoms with Crippen molar-refractivity contribution < 1.29 is 14.3 Å². The van der Waals surface area contributed by atoms with Crippen LogP contribution in [0.2, 0.25) is 0 Å². The fourth-order valence-electron chi connectivity index (χ4n) is 2.74. The lowest BCUT2D eigenvalue weighted by Gasteiger charge is -2.31. The molecular weight excluding hydrogens is 256 g/mol. The maximum absolute atomic E-state index is 12.2. The van der Waals surface area contributed by atoms with Crippen molar-refractivity contribution in [2.45, 2.75) is 51.6 Å². The number of rotatable bonds is 10. The molecule has 5 heteroatoms. The van der Waals surface area contributed by atoms with Gasteiger partial charge in [0, 0.05) is 26.2 Å². The molecule has 118 valence electrons. The molecule has 1 heterocycles. The van der Waals surface area contributed by atoms with Gasteiger partial charge in [-0.25, -0.2) is 0 Å². The van der Waals surface area contributed by atoms with Crippen LogP contribution in [-0.2, 0) is 14.3 Å². The first-order chi connectivity index (χ1) is 9.72. The van der Waals surface area contributed by atoms with E-state index < -0.39 is 0 Å². The Morgan fingerprint density at radius 1 is 1.45 bits per heavy atom. The second-order valence-electron chi connectivity index (χ2n) is 5.34. The van der Waals surface area contributed by atoms with E-state index in [1.54, 1.807) is 7.11 Å². The van der Waals surface area contributed by atoms with Gasteiger partial charge < -0.3 is 14.8 Å². The lowest BCUT2D eigenvalue weighted by molar-refractivity contribution is -0.150. The van der Waals surface area contributed by atoms with Gasteiger partial charge in [-0.3, -0.25) is 9.69 Å². The van der Waals surface area contributed by atoms with Gasteiger partial charge in [0.1, 0.15) is 6.04 Å². The van der Waals surface area contributed by atoms with Gasteiger partial charge in [-0.1, -0.05) is 13.3 Å². The molecule has 2 atom stereocenters. The second kappa shape index (κ2) is 10.1. The number of nitrogens with one attached hydrogen (secondary N) is 1. The van der Waals surface area contributed by atoms with E-state index in [4.69, 9.17) is 9.47 Å². The third kappa shape index (κ3) is 5.77. The number of methoxy groups -OCH3 is 1. The molecule has 1 fully saturated rings. The van der Waals surface area contributed by atoms with Gasteiger partial charge in [-0.05, 0) is 32.7 Å². The predicted octanol–water partition coefficient (Wildman–Crippen LogP) is 1.42. The molecule has 0 aromatic carbocycles. The summed E-state index contributed by atoms with van der Waals surface area (Å²) < 4.78 is 10.4. The van der Waals surface area contributed by atoms with Crippen LogP contribution in [0.4, 0.5) is 0 Å². The van der Waals surface area contributed by atoms with Crippen molar-refractivity contribution in [2.75, 3.05) is 40.0 Å². The van der Waals surface area contributed by atoms with Crippen LogP contribution in [0, 0.1) is 0 Å². The molecule has 1 rings (SSSR count). The van der Waals surface area contributed by atoms with Crippen molar-refractivity contribution in [3.8, 4) is 0 Å². The molecule has 0 aliphatic carbocycles. The average molecular weight is 286 g/mol. The minimum Gasteiger partial charge on any atom is -0.465 e. The van der Waals surface area contributed by atoms with E-state index in [0.29, 0.717) is 19.3 Å². The number of esters is 1. The van der Waals surface area contributed by atoms with Crippen LogP contribution in [0.3, 0.4) is 0 Å². The summed E-state index contributed by atoms with van der Waals surface area (Å²) in [5.74, 6) is -0.0940. The highest BCUT2D eigenvalue weighted by atomic mass is 16.5. The molecule has 0 radical (unpaired) electrons. The van der Waals surface area contributed by atoms with Gasteiger partial charge in [-0.15, -0.1) is 0 Å². The molecule has 0 aromatic heterocycles. The molecule has 2 unspecified atom stereocenters. The van der Waals surface area contributed by atoms with Crippen LogP contribution in [0.5, 0.6) is 0 Å². The minimum absolute atomic E-state index is 0.0940. The van der Waals surface area contributed by atoms with Crippen LogP contribution in [0.15, 0.2) is 0 Å². The number of carbonyl (C=O) groups excluding carboxylic acids is 1. The maximum atomic E-state index is 12.2. The number of ether oxygens (including phenoxy) is 2. The van der Waals surface area contributed by atoms with Crippen LogP contribution < -0.4 is 5.32 Å². The molecule has 1 aliphatic heterocycles. The van der Waals surface area contributed by atoms with Crippen molar-refractivity contribution in [2.24, 2.45) is 0 Å². The summed E-state index contributed by atoms with van der Waals surface area (Å²) in [6.45, 7) is 7.81. The normalized spacial score (nSPS) is 20.3. The first-order valence-corrected chi connectivity index (χ1v) is 7.85. The van der Waals surface area contributed by atoms with Crippen LogP contribution in [0.25, 0.3) is 0 Å². The molecule has 5 nitrogen and oxygen atoms in total. The summed E-state index contributed by atoms with van der Waals surface area (Å²) in [7, 11) is 1.70. The van der Waals surface area contributed by atoms with E-state index in [0.717, 1.165) is 32.5 Å². The zero-order valence-electron chi connectivity index (χ0n) is 13.2. The molecule has 0 bridgehead atoms. The molecule has 1 N–H and O–H groups in total. The van der Waals surface area contributed by atoms with Gasteiger partial charge >= 0.3 is 5.97 Å². The zero-order chi connectivity index (χ0) is 14.8. The Balaban J connectivity index is 2.65. The Hall–Kier alpha value is -0.650. The molecule has 20 heavy (non-hydrogen) atoms. The molecule has 0 amide bonds. The lowest BCUT2D eigenvalue weighted by Crippen LogP contribution is -2.48. The Bertz CT molecular complexity index is 268. The summed E-state index contributed by atoms with van der Waals surface area (Å²) >= 11 is 0. The van der Waals surface area contributed by atoms with E-state index >= 15 is 0 Å². The Kier molecular flexibility index (Phi) is 8.82. The fourth-order valence-corrected chi connectivity index (χ4v) is 2.74. The smallest absolute Gasteiger partial charge is 0.323 e. The lowest BCUT2D eigenvalue weighted by atomic mass is 10.1. The van der Waals surface area contributed by atoms with Crippen molar-refractivity contribution in [1.29, 1.82) is 0 Å². The fraction of sp³-hybridized carbons (Fsp3) is 0.933. The molecule has 0 aromatic rings. The summed E-state index contributed by atoms with van der Waals surface area (Å²) in [5, 5.41) is 3.50. The largest absolute Gasteiger partial charge is 0.465 e. The number of carbonyl (C=O) groups is 1. The van der Waals surface area contributed by atoms with E-state index in [-0.39, 0.29) is 12.0 Å². The third-order valence-electron chi connectivity index (χ3n) is 3.76. The first-order valence-electron chi connectivity index (χ1n) is 7.85. The van der Waals surface area contributed by atoms with E-state index in [1.807, 2.05) is 6.92 Å². The van der Waals surface area contributed by atoms with Crippen molar-refractivity contribution in [3.05, 3.63) is 0 Å². The SMILES string of the molecule is CCCC(C(=O)OCC)N(CCOC)CC1CCCN1. The van der Waals surface area contributed by atoms with Crippen LogP contribution in [-0.4, -0.2) is 62.9 Å². The topological polar surface area (TPSA) is 50.8 Å². The van der Waals surface area contributed by atoms with Crippen molar-refractivity contribution in [3.63, 3.8) is 0 Å². The Morgan fingerprint density at radius 3 is 2.80 bits per heavy atom. The number of hydrogen-bond acceptors (Lipinski definition) is 5. The Morgan fingerprint density at radius 2 is 2.25 bits per heavy atom. The van der Waals surface area contributed by atoms with Gasteiger partial charge in [0.15, 0.2) is 0 Å². The number of hydrogen-bond donors (Lipinski definition) is 1. The van der Waals surface area contributed by atoms with Gasteiger partial charge in [-0.2, -0.15) is 0 Å². The summed E-state index contributed by atoms with van der Waals surface area (Å²) in [5.41, 5.74) is 0. The van der Waals surface area contributed by atoms with E-state index in [9.17, 15) is 4.79 Å². The van der Waals surface area contributed by atoms with Gasteiger partial charge in [0.2, 0.25) is 0 Å². The summed E-state index contributed by atoms with van der Waals surface area (Å²) in [4.78, 5) is 14.4. The number of nitrogens with zero attached hydrogens (tertiary/aromatic N) is 1. The van der Waals surface area contributed by atoms with Crippen LogP contribution in [0.1, 0.15) is 39.5 Å². The zero-order valence-corrected chi connectivity index (χ0v) is 13.2. The highest BCUT2D eigenvalue weighted by Crippen LogP contribution is 2.14. The molecule has 1 saturated heterocycles. The monoisotopic (exact) mass is 286 g/mol. The average Bonchev–Trinajstić information content (AvgIpc) is 2.94. The van der Waals surface area contributed by atoms with Crippen LogP contribution >= 0.6 is 0 Å². The predicted molar refractivity (Wildman–Crippen MR) is 79.8 cm³/mol. The minimum atomic E-state index is -0.141. The summed E-state index contributed by atoms with van der Waals surface area (Å²) in [6, 6.07) is 0.345. The maximum Gasteiger partial charge on any atom is 0.323 e. The van der Waals surface area contributed by atoms with Crippen molar-refractivity contribution >= 4 is 5.97 Å². The molecule has 1 aliphatic rings. The Labute approximate surface area is 123 Å². The van der Waals surface area contributed by atoms with Crippen molar-refractivity contribution in [1.82, 2.24) is 10.2 Å².